The predicted octanol–water partition coefficient (Wildman–Crippen LogP) is 1.70. The average Bonchev–Trinajstić information content (AvgIpc) is 2.55. The minimum absolute atomic E-state index is 0.0259. The third kappa shape index (κ3) is 3.40. The Labute approximate surface area is 129 Å². The molecule has 3 rings (SSSR count). The van der Waals surface area contributed by atoms with E-state index in [1.54, 1.807) is 30.6 Å². The molecule has 1 N–H and O–H groups in total. The van der Waals surface area contributed by atoms with Crippen LogP contribution in [-0.2, 0) is 0 Å². The highest BCUT2D eigenvalue weighted by Crippen LogP contribution is 2.20. The first-order valence-corrected chi connectivity index (χ1v) is 7.29. The second-order valence-electron chi connectivity index (χ2n) is 5.28. The van der Waals surface area contributed by atoms with Crippen molar-refractivity contribution in [2.45, 2.75) is 13.0 Å². The van der Waals surface area contributed by atoms with Crippen LogP contribution in [0.1, 0.15) is 17.3 Å². The zero-order chi connectivity index (χ0) is 15.4. The molecule has 1 atom stereocenters. The number of ether oxygens (including phenoxy) is 1. The minimum Gasteiger partial charge on any atom is -0.437 e. The summed E-state index contributed by atoms with van der Waals surface area (Å²) in [7, 11) is 0. The lowest BCUT2D eigenvalue weighted by atomic mass is 10.1. The Morgan fingerprint density at radius 3 is 3.09 bits per heavy atom. The Hall–Kier alpha value is -2.47. The third-order valence-electron chi connectivity index (χ3n) is 3.50. The highest BCUT2D eigenvalue weighted by molar-refractivity contribution is 5.94. The van der Waals surface area contributed by atoms with Crippen LogP contribution in [0.15, 0.2) is 42.9 Å². The first-order chi connectivity index (χ1) is 10.7. The molecular formula is C16H18N4O2. The maximum Gasteiger partial charge on any atom is 0.254 e. The molecule has 6 nitrogen and oxygen atoms in total. The SMILES string of the molecule is CC1CN(C(=O)c2cccc(Oc3cnccn3)c2)CCN1. The van der Waals surface area contributed by atoms with Crippen LogP contribution in [0.5, 0.6) is 11.6 Å². The Balaban J connectivity index is 1.74. The summed E-state index contributed by atoms with van der Waals surface area (Å²) in [6.45, 7) is 4.34. The summed E-state index contributed by atoms with van der Waals surface area (Å²) in [5, 5.41) is 3.33. The van der Waals surface area contributed by atoms with Crippen molar-refractivity contribution in [1.82, 2.24) is 20.2 Å². The van der Waals surface area contributed by atoms with E-state index < -0.39 is 0 Å². The molecule has 0 spiro atoms. The smallest absolute Gasteiger partial charge is 0.254 e. The van der Waals surface area contributed by atoms with E-state index in [9.17, 15) is 4.79 Å². The van der Waals surface area contributed by atoms with E-state index in [1.165, 1.54) is 6.20 Å². The topological polar surface area (TPSA) is 67.4 Å². The molecule has 6 heteroatoms. The molecule has 0 aliphatic carbocycles. The van der Waals surface area contributed by atoms with E-state index in [0.717, 1.165) is 13.1 Å². The number of rotatable bonds is 3. The monoisotopic (exact) mass is 298 g/mol. The summed E-state index contributed by atoms with van der Waals surface area (Å²) in [5.74, 6) is 1.01. The molecule has 1 aliphatic rings. The van der Waals surface area contributed by atoms with Crippen molar-refractivity contribution in [1.29, 1.82) is 0 Å². The number of carbonyl (C=O) groups is 1. The minimum atomic E-state index is 0.0259. The predicted molar refractivity (Wildman–Crippen MR) is 81.9 cm³/mol. The molecular weight excluding hydrogens is 280 g/mol. The summed E-state index contributed by atoms with van der Waals surface area (Å²) in [5.41, 5.74) is 0.621. The van der Waals surface area contributed by atoms with Crippen LogP contribution in [0.25, 0.3) is 0 Å². The van der Waals surface area contributed by atoms with E-state index in [1.807, 2.05) is 11.0 Å². The fourth-order valence-electron chi connectivity index (χ4n) is 2.45. The molecule has 1 fully saturated rings. The standard InChI is InChI=1S/C16H18N4O2/c1-12-11-20(8-7-18-12)16(21)13-3-2-4-14(9-13)22-15-10-17-5-6-19-15/h2-6,9-10,12,18H,7-8,11H2,1H3. The van der Waals surface area contributed by atoms with Crippen LogP contribution in [-0.4, -0.2) is 46.5 Å². The van der Waals surface area contributed by atoms with E-state index in [-0.39, 0.29) is 5.91 Å². The molecule has 0 radical (unpaired) electrons. The van der Waals surface area contributed by atoms with E-state index >= 15 is 0 Å². The van der Waals surface area contributed by atoms with E-state index in [2.05, 4.69) is 22.2 Å². The third-order valence-corrected chi connectivity index (χ3v) is 3.50. The van der Waals surface area contributed by atoms with Crippen molar-refractivity contribution < 1.29 is 9.53 Å². The van der Waals surface area contributed by atoms with Gasteiger partial charge in [0.25, 0.3) is 5.91 Å². The highest BCUT2D eigenvalue weighted by atomic mass is 16.5. The number of piperazine rings is 1. The second kappa shape index (κ2) is 6.53. The van der Waals surface area contributed by atoms with Gasteiger partial charge in [-0.15, -0.1) is 0 Å². The highest BCUT2D eigenvalue weighted by Gasteiger charge is 2.21. The molecule has 22 heavy (non-hydrogen) atoms. The van der Waals surface area contributed by atoms with Gasteiger partial charge in [-0.2, -0.15) is 0 Å². The van der Waals surface area contributed by atoms with Gasteiger partial charge in [0.2, 0.25) is 5.88 Å². The number of nitrogens with zero attached hydrogens (tertiary/aromatic N) is 3. The van der Waals surface area contributed by atoms with Crippen LogP contribution in [0, 0.1) is 0 Å². The molecule has 1 aromatic carbocycles. The summed E-state index contributed by atoms with van der Waals surface area (Å²) in [6.07, 6.45) is 4.68. The number of aromatic nitrogens is 2. The van der Waals surface area contributed by atoms with Crippen molar-refractivity contribution >= 4 is 5.91 Å². The first kappa shape index (κ1) is 14.5. The number of carbonyl (C=O) groups excluding carboxylic acids is 1. The Morgan fingerprint density at radius 2 is 2.32 bits per heavy atom. The van der Waals surface area contributed by atoms with Gasteiger partial charge in [0.1, 0.15) is 5.75 Å². The lowest BCUT2D eigenvalue weighted by molar-refractivity contribution is 0.0709. The molecule has 0 saturated carbocycles. The van der Waals surface area contributed by atoms with Crippen molar-refractivity contribution in [3.05, 3.63) is 48.4 Å². The molecule has 2 aromatic rings. The molecule has 1 amide bonds. The van der Waals surface area contributed by atoms with Gasteiger partial charge < -0.3 is 15.0 Å². The van der Waals surface area contributed by atoms with Gasteiger partial charge in [0.05, 0.1) is 6.20 Å². The number of amides is 1. The van der Waals surface area contributed by atoms with Crippen LogP contribution >= 0.6 is 0 Å². The summed E-state index contributed by atoms with van der Waals surface area (Å²) < 4.78 is 5.62. The van der Waals surface area contributed by atoms with Crippen LogP contribution in [0.4, 0.5) is 0 Å². The Bertz CT molecular complexity index is 648. The van der Waals surface area contributed by atoms with Crippen molar-refractivity contribution in [2.24, 2.45) is 0 Å². The van der Waals surface area contributed by atoms with Gasteiger partial charge in [0.15, 0.2) is 0 Å². The largest absolute Gasteiger partial charge is 0.437 e. The lowest BCUT2D eigenvalue weighted by Crippen LogP contribution is -2.51. The van der Waals surface area contributed by atoms with Gasteiger partial charge in [-0.3, -0.25) is 9.78 Å². The maximum absolute atomic E-state index is 12.6. The number of benzene rings is 1. The van der Waals surface area contributed by atoms with Gasteiger partial charge >= 0.3 is 0 Å². The van der Waals surface area contributed by atoms with E-state index in [4.69, 9.17) is 4.74 Å². The zero-order valence-corrected chi connectivity index (χ0v) is 12.4. The fraction of sp³-hybridized carbons (Fsp3) is 0.312. The lowest BCUT2D eigenvalue weighted by Gasteiger charge is -2.32. The van der Waals surface area contributed by atoms with Gasteiger partial charge in [-0.05, 0) is 25.1 Å². The molecule has 114 valence electrons. The molecule has 2 heterocycles. The zero-order valence-electron chi connectivity index (χ0n) is 12.4. The maximum atomic E-state index is 12.6. The fourth-order valence-corrected chi connectivity index (χ4v) is 2.45. The summed E-state index contributed by atoms with van der Waals surface area (Å²) in [6, 6.07) is 7.47. The van der Waals surface area contributed by atoms with Crippen molar-refractivity contribution in [3.8, 4) is 11.6 Å². The van der Waals surface area contributed by atoms with Crippen molar-refractivity contribution in [2.75, 3.05) is 19.6 Å². The Morgan fingerprint density at radius 1 is 1.41 bits per heavy atom. The Kier molecular flexibility index (Phi) is 4.29. The summed E-state index contributed by atoms with van der Waals surface area (Å²) in [4.78, 5) is 22.4. The molecule has 1 saturated heterocycles. The average molecular weight is 298 g/mol. The van der Waals surface area contributed by atoms with Gasteiger partial charge in [0, 0.05) is 43.6 Å². The van der Waals surface area contributed by atoms with Crippen LogP contribution < -0.4 is 10.1 Å². The number of nitrogens with one attached hydrogen (secondary N) is 1. The first-order valence-electron chi connectivity index (χ1n) is 7.29. The molecule has 1 unspecified atom stereocenters. The number of hydrogen-bond acceptors (Lipinski definition) is 5. The van der Waals surface area contributed by atoms with Gasteiger partial charge in [-0.25, -0.2) is 4.98 Å². The normalized spacial score (nSPS) is 18.0. The van der Waals surface area contributed by atoms with Gasteiger partial charge in [-0.1, -0.05) is 6.07 Å². The quantitative estimate of drug-likeness (QED) is 0.934. The second-order valence-corrected chi connectivity index (χ2v) is 5.28. The molecule has 0 bridgehead atoms. The van der Waals surface area contributed by atoms with Crippen LogP contribution in [0.3, 0.4) is 0 Å². The van der Waals surface area contributed by atoms with Crippen molar-refractivity contribution in [3.63, 3.8) is 0 Å². The van der Waals surface area contributed by atoms with Crippen LogP contribution in [0.2, 0.25) is 0 Å². The molecule has 1 aromatic heterocycles. The number of hydrogen-bond donors (Lipinski definition) is 1. The van der Waals surface area contributed by atoms with E-state index in [0.29, 0.717) is 29.8 Å². The summed E-state index contributed by atoms with van der Waals surface area (Å²) >= 11 is 0. The molecule has 1 aliphatic heterocycles.